The van der Waals surface area contributed by atoms with Crippen molar-refractivity contribution in [2.45, 2.75) is 70.4 Å². The fourth-order valence-corrected chi connectivity index (χ4v) is 2.65. The average molecular weight is 296 g/mol. The molecular weight excluding hydrogens is 272 g/mol. The maximum absolute atomic E-state index is 11.8. The van der Waals surface area contributed by atoms with Crippen LogP contribution in [0.4, 0.5) is 4.79 Å². The SMILES string of the molecule is CC(OC(=O)C1CCC1)C(=O)NC(=O)NC1CCCCC1. The highest BCUT2D eigenvalue weighted by Gasteiger charge is 2.30. The Bertz CT molecular complexity index is 400. The number of ether oxygens (including phenoxy) is 1. The van der Waals surface area contributed by atoms with Gasteiger partial charge in [0.05, 0.1) is 5.92 Å². The number of imide groups is 1. The number of hydrogen-bond acceptors (Lipinski definition) is 4. The molecule has 3 amide bonds. The molecule has 6 heteroatoms. The normalized spacial score (nSPS) is 21.0. The van der Waals surface area contributed by atoms with Crippen LogP contribution in [0.15, 0.2) is 0 Å². The summed E-state index contributed by atoms with van der Waals surface area (Å²) in [5, 5.41) is 5.03. The number of urea groups is 1. The number of esters is 1. The van der Waals surface area contributed by atoms with Gasteiger partial charge >= 0.3 is 12.0 Å². The summed E-state index contributed by atoms with van der Waals surface area (Å²) in [4.78, 5) is 35.2. The van der Waals surface area contributed by atoms with Crippen molar-refractivity contribution in [3.8, 4) is 0 Å². The van der Waals surface area contributed by atoms with Crippen molar-refractivity contribution in [1.82, 2.24) is 10.6 Å². The lowest BCUT2D eigenvalue weighted by atomic mass is 9.86. The molecule has 1 atom stereocenters. The molecule has 0 bridgehead atoms. The van der Waals surface area contributed by atoms with Gasteiger partial charge in [0, 0.05) is 6.04 Å². The lowest BCUT2D eigenvalue weighted by Crippen LogP contribution is -2.48. The van der Waals surface area contributed by atoms with Crippen LogP contribution in [-0.4, -0.2) is 30.1 Å². The van der Waals surface area contributed by atoms with Crippen LogP contribution in [0.1, 0.15) is 58.3 Å². The van der Waals surface area contributed by atoms with Crippen LogP contribution in [0.25, 0.3) is 0 Å². The zero-order valence-corrected chi connectivity index (χ0v) is 12.5. The minimum Gasteiger partial charge on any atom is -0.452 e. The Kier molecular flexibility index (Phi) is 5.59. The second kappa shape index (κ2) is 7.43. The van der Waals surface area contributed by atoms with E-state index in [9.17, 15) is 14.4 Å². The molecule has 2 rings (SSSR count). The van der Waals surface area contributed by atoms with Gasteiger partial charge < -0.3 is 10.1 Å². The molecule has 0 heterocycles. The van der Waals surface area contributed by atoms with Gasteiger partial charge in [-0.2, -0.15) is 0 Å². The van der Waals surface area contributed by atoms with Gasteiger partial charge in [0.2, 0.25) is 0 Å². The van der Waals surface area contributed by atoms with E-state index in [1.54, 1.807) is 0 Å². The molecule has 0 radical (unpaired) electrons. The molecule has 1 unspecified atom stereocenters. The van der Waals surface area contributed by atoms with E-state index in [2.05, 4.69) is 10.6 Å². The predicted octanol–water partition coefficient (Wildman–Crippen LogP) is 1.88. The summed E-state index contributed by atoms with van der Waals surface area (Å²) in [6.45, 7) is 1.49. The van der Waals surface area contributed by atoms with Gasteiger partial charge in [-0.25, -0.2) is 4.79 Å². The van der Waals surface area contributed by atoms with Crippen molar-refractivity contribution in [3.63, 3.8) is 0 Å². The molecule has 0 aliphatic heterocycles. The molecule has 2 aliphatic carbocycles. The van der Waals surface area contributed by atoms with Crippen molar-refractivity contribution in [1.29, 1.82) is 0 Å². The standard InChI is InChI=1S/C15H24N2O4/c1-10(21-14(19)11-6-5-7-11)13(18)17-15(20)16-12-8-3-2-4-9-12/h10-12H,2-9H2,1H3,(H2,16,17,18,20). The maximum Gasteiger partial charge on any atom is 0.321 e. The summed E-state index contributed by atoms with van der Waals surface area (Å²) in [6.07, 6.45) is 7.07. The Morgan fingerprint density at radius 2 is 1.67 bits per heavy atom. The van der Waals surface area contributed by atoms with Crippen LogP contribution in [-0.2, 0) is 14.3 Å². The molecule has 0 aromatic heterocycles. The predicted molar refractivity (Wildman–Crippen MR) is 76.4 cm³/mol. The van der Waals surface area contributed by atoms with Crippen molar-refractivity contribution in [2.75, 3.05) is 0 Å². The van der Waals surface area contributed by atoms with Gasteiger partial charge in [-0.1, -0.05) is 25.7 Å². The summed E-state index contributed by atoms with van der Waals surface area (Å²) in [6, 6.07) is -0.363. The molecular formula is C15H24N2O4. The third-order valence-electron chi connectivity index (χ3n) is 4.28. The van der Waals surface area contributed by atoms with Crippen LogP contribution in [0.3, 0.4) is 0 Å². The molecule has 2 saturated carbocycles. The minimum absolute atomic E-state index is 0.0729. The summed E-state index contributed by atoms with van der Waals surface area (Å²) in [5.74, 6) is -0.983. The molecule has 2 aliphatic rings. The molecule has 6 nitrogen and oxygen atoms in total. The monoisotopic (exact) mass is 296 g/mol. The van der Waals surface area contributed by atoms with Gasteiger partial charge in [0.15, 0.2) is 6.10 Å². The lowest BCUT2D eigenvalue weighted by molar-refractivity contribution is -0.160. The van der Waals surface area contributed by atoms with E-state index >= 15 is 0 Å². The fraction of sp³-hybridized carbons (Fsp3) is 0.800. The van der Waals surface area contributed by atoms with E-state index < -0.39 is 18.0 Å². The Labute approximate surface area is 125 Å². The van der Waals surface area contributed by atoms with Crippen LogP contribution in [0, 0.1) is 5.92 Å². The highest BCUT2D eigenvalue weighted by molar-refractivity contribution is 5.97. The maximum atomic E-state index is 11.8. The van der Waals surface area contributed by atoms with Crippen molar-refractivity contribution >= 4 is 17.9 Å². The summed E-state index contributed by atoms with van der Waals surface area (Å²) >= 11 is 0. The molecule has 2 fully saturated rings. The average Bonchev–Trinajstić information content (AvgIpc) is 2.37. The molecule has 0 spiro atoms. The number of carbonyl (C=O) groups is 3. The number of carbonyl (C=O) groups excluding carboxylic acids is 3. The first-order chi connectivity index (χ1) is 10.1. The molecule has 0 aromatic carbocycles. The van der Waals surface area contributed by atoms with Crippen LogP contribution >= 0.6 is 0 Å². The van der Waals surface area contributed by atoms with Crippen molar-refractivity contribution in [2.24, 2.45) is 5.92 Å². The quantitative estimate of drug-likeness (QED) is 0.776. The van der Waals surface area contributed by atoms with E-state index in [1.165, 1.54) is 13.3 Å². The highest BCUT2D eigenvalue weighted by atomic mass is 16.5. The number of hydrogen-bond donors (Lipinski definition) is 2. The molecule has 21 heavy (non-hydrogen) atoms. The largest absolute Gasteiger partial charge is 0.452 e. The Hall–Kier alpha value is -1.59. The molecule has 0 aromatic rings. The van der Waals surface area contributed by atoms with Crippen molar-refractivity contribution < 1.29 is 19.1 Å². The van der Waals surface area contributed by atoms with E-state index in [-0.39, 0.29) is 17.9 Å². The smallest absolute Gasteiger partial charge is 0.321 e. The number of amides is 3. The topological polar surface area (TPSA) is 84.5 Å². The minimum atomic E-state index is -0.935. The lowest BCUT2D eigenvalue weighted by Gasteiger charge is -2.25. The van der Waals surface area contributed by atoms with Crippen LogP contribution in [0.2, 0.25) is 0 Å². The molecule has 2 N–H and O–H groups in total. The zero-order chi connectivity index (χ0) is 15.2. The third kappa shape index (κ3) is 4.72. The molecule has 118 valence electrons. The first kappa shape index (κ1) is 15.8. The summed E-state index contributed by atoms with van der Waals surface area (Å²) in [5.41, 5.74) is 0. The zero-order valence-electron chi connectivity index (χ0n) is 12.5. The summed E-state index contributed by atoms with van der Waals surface area (Å²) in [7, 11) is 0. The second-order valence-corrected chi connectivity index (χ2v) is 6.00. The third-order valence-corrected chi connectivity index (χ3v) is 4.28. The van der Waals surface area contributed by atoms with Crippen molar-refractivity contribution in [3.05, 3.63) is 0 Å². The van der Waals surface area contributed by atoms with Crippen LogP contribution < -0.4 is 10.6 Å². The second-order valence-electron chi connectivity index (χ2n) is 6.00. The fourth-order valence-electron chi connectivity index (χ4n) is 2.65. The van der Waals surface area contributed by atoms with E-state index in [0.717, 1.165) is 44.9 Å². The summed E-state index contributed by atoms with van der Waals surface area (Å²) < 4.78 is 5.08. The number of rotatable bonds is 4. The van der Waals surface area contributed by atoms with Gasteiger partial charge in [-0.05, 0) is 32.6 Å². The Morgan fingerprint density at radius 1 is 1.00 bits per heavy atom. The first-order valence-electron chi connectivity index (χ1n) is 7.88. The van der Waals surface area contributed by atoms with E-state index in [0.29, 0.717) is 0 Å². The van der Waals surface area contributed by atoms with Gasteiger partial charge in [0.25, 0.3) is 5.91 Å². The van der Waals surface area contributed by atoms with Gasteiger partial charge in [-0.3, -0.25) is 14.9 Å². The van der Waals surface area contributed by atoms with Crippen LogP contribution in [0.5, 0.6) is 0 Å². The first-order valence-corrected chi connectivity index (χ1v) is 7.88. The van der Waals surface area contributed by atoms with Gasteiger partial charge in [-0.15, -0.1) is 0 Å². The van der Waals surface area contributed by atoms with E-state index in [1.807, 2.05) is 0 Å². The van der Waals surface area contributed by atoms with Gasteiger partial charge in [0.1, 0.15) is 0 Å². The molecule has 0 saturated heterocycles. The Morgan fingerprint density at radius 3 is 2.24 bits per heavy atom. The Balaban J connectivity index is 1.69. The van der Waals surface area contributed by atoms with E-state index in [4.69, 9.17) is 4.74 Å². The highest BCUT2D eigenvalue weighted by Crippen LogP contribution is 2.27. The number of nitrogens with one attached hydrogen (secondary N) is 2.